The lowest BCUT2D eigenvalue weighted by Gasteiger charge is -2.17. The van der Waals surface area contributed by atoms with Crippen LogP contribution in [0, 0.1) is 6.92 Å². The van der Waals surface area contributed by atoms with Crippen LogP contribution < -0.4 is 9.03 Å². The highest BCUT2D eigenvalue weighted by atomic mass is 79.9. The van der Waals surface area contributed by atoms with E-state index >= 15 is 0 Å². The molecule has 1 aromatic carbocycles. The molecule has 0 aliphatic carbocycles. The average molecular weight is 335 g/mol. The lowest BCUT2D eigenvalue weighted by molar-refractivity contribution is -0.138. The van der Waals surface area contributed by atoms with Gasteiger partial charge >= 0.3 is 16.2 Å². The van der Waals surface area contributed by atoms with E-state index in [1.54, 1.807) is 18.2 Å². The van der Waals surface area contributed by atoms with Crippen LogP contribution >= 0.6 is 15.9 Å². The zero-order chi connectivity index (χ0) is 13.5. The molecule has 1 heterocycles. The van der Waals surface area contributed by atoms with Crippen LogP contribution in [0.15, 0.2) is 22.7 Å². The third-order valence-electron chi connectivity index (χ3n) is 2.60. The molecule has 2 N–H and O–H groups in total. The van der Waals surface area contributed by atoms with Gasteiger partial charge in [0.2, 0.25) is 0 Å². The van der Waals surface area contributed by atoms with E-state index in [0.29, 0.717) is 10.2 Å². The SMILES string of the molecule is Cc1ccc(N2CC(C(=O)O)NS2(=O)=O)c(Br)c1. The van der Waals surface area contributed by atoms with Crippen LogP contribution in [0.1, 0.15) is 5.56 Å². The number of carboxylic acids is 1. The predicted molar refractivity (Wildman–Crippen MR) is 69.7 cm³/mol. The highest BCUT2D eigenvalue weighted by Crippen LogP contribution is 2.31. The Hall–Kier alpha value is -1.12. The minimum atomic E-state index is -3.80. The van der Waals surface area contributed by atoms with Crippen LogP contribution in [0.25, 0.3) is 0 Å². The zero-order valence-corrected chi connectivity index (χ0v) is 11.8. The Morgan fingerprint density at radius 2 is 2.22 bits per heavy atom. The van der Waals surface area contributed by atoms with Crippen molar-refractivity contribution in [3.8, 4) is 0 Å². The van der Waals surface area contributed by atoms with Gasteiger partial charge in [-0.1, -0.05) is 6.07 Å². The first-order valence-electron chi connectivity index (χ1n) is 5.10. The molecule has 1 aliphatic rings. The van der Waals surface area contributed by atoms with Gasteiger partial charge in [-0.05, 0) is 40.5 Å². The number of rotatable bonds is 2. The van der Waals surface area contributed by atoms with Crippen molar-refractivity contribution in [2.75, 3.05) is 10.8 Å². The van der Waals surface area contributed by atoms with Crippen molar-refractivity contribution in [2.45, 2.75) is 13.0 Å². The van der Waals surface area contributed by atoms with Gasteiger partial charge in [-0.15, -0.1) is 0 Å². The number of hydrogen-bond donors (Lipinski definition) is 2. The van der Waals surface area contributed by atoms with Gasteiger partial charge in [0.15, 0.2) is 0 Å². The molecule has 1 atom stereocenters. The Kier molecular flexibility index (Phi) is 3.35. The fourth-order valence-corrected chi connectivity index (χ4v) is 3.97. The third kappa shape index (κ3) is 2.36. The highest BCUT2D eigenvalue weighted by Gasteiger charge is 2.39. The molecule has 0 aromatic heterocycles. The van der Waals surface area contributed by atoms with E-state index in [-0.39, 0.29) is 6.54 Å². The Balaban J connectivity index is 2.42. The summed E-state index contributed by atoms with van der Waals surface area (Å²) in [5.41, 5.74) is 1.40. The lowest BCUT2D eigenvalue weighted by Crippen LogP contribution is -2.34. The maximum absolute atomic E-state index is 11.8. The summed E-state index contributed by atoms with van der Waals surface area (Å²) in [6.07, 6.45) is 0. The summed E-state index contributed by atoms with van der Waals surface area (Å²) in [4.78, 5) is 10.8. The van der Waals surface area contributed by atoms with Crippen LogP contribution in [0.5, 0.6) is 0 Å². The molecule has 8 heteroatoms. The summed E-state index contributed by atoms with van der Waals surface area (Å²) in [6.45, 7) is 1.75. The normalized spacial score (nSPS) is 22.1. The Bertz CT molecular complexity index is 602. The molecular weight excluding hydrogens is 324 g/mol. The number of carboxylic acid groups (broad SMARTS) is 1. The van der Waals surface area contributed by atoms with Crippen LogP contribution in [0.3, 0.4) is 0 Å². The first-order chi connectivity index (χ1) is 8.31. The average Bonchev–Trinajstić information content (AvgIpc) is 2.55. The number of aryl methyl sites for hydroxylation is 1. The van der Waals surface area contributed by atoms with Crippen LogP contribution in [0.2, 0.25) is 0 Å². The minimum Gasteiger partial charge on any atom is -0.480 e. The standard InChI is InChI=1S/C10H11BrN2O4S/c1-6-2-3-9(7(11)4-6)13-5-8(10(14)15)12-18(13,16)17/h2-4,8,12H,5H2,1H3,(H,14,15). The van der Waals surface area contributed by atoms with Crippen molar-refractivity contribution < 1.29 is 18.3 Å². The fourth-order valence-electron chi connectivity index (χ4n) is 1.72. The van der Waals surface area contributed by atoms with E-state index in [2.05, 4.69) is 20.7 Å². The van der Waals surface area contributed by atoms with Crippen LogP contribution in [-0.2, 0) is 15.0 Å². The molecule has 98 valence electrons. The number of carbonyl (C=O) groups is 1. The number of benzene rings is 1. The predicted octanol–water partition coefficient (Wildman–Crippen LogP) is 0.865. The van der Waals surface area contributed by atoms with Gasteiger partial charge in [-0.25, -0.2) is 0 Å². The number of nitrogens with zero attached hydrogens (tertiary/aromatic N) is 1. The van der Waals surface area contributed by atoms with Crippen molar-refractivity contribution in [3.63, 3.8) is 0 Å². The molecule has 1 unspecified atom stereocenters. The number of anilines is 1. The Morgan fingerprint density at radius 1 is 1.56 bits per heavy atom. The van der Waals surface area contributed by atoms with Gasteiger partial charge < -0.3 is 5.11 Å². The van der Waals surface area contributed by atoms with E-state index in [0.717, 1.165) is 9.87 Å². The maximum atomic E-state index is 11.8. The van der Waals surface area contributed by atoms with Crippen molar-refractivity contribution >= 4 is 37.8 Å². The Labute approximate surface area is 113 Å². The lowest BCUT2D eigenvalue weighted by atomic mass is 10.2. The number of aliphatic carboxylic acids is 1. The van der Waals surface area contributed by atoms with Crippen molar-refractivity contribution in [2.24, 2.45) is 0 Å². The number of nitrogens with one attached hydrogen (secondary N) is 1. The third-order valence-corrected chi connectivity index (χ3v) is 4.74. The van der Waals surface area contributed by atoms with E-state index in [1.807, 2.05) is 6.92 Å². The molecule has 18 heavy (non-hydrogen) atoms. The summed E-state index contributed by atoms with van der Waals surface area (Å²) in [6, 6.07) is 4.06. The highest BCUT2D eigenvalue weighted by molar-refractivity contribution is 9.10. The molecule has 0 spiro atoms. The molecule has 0 amide bonds. The first-order valence-corrected chi connectivity index (χ1v) is 7.33. The van der Waals surface area contributed by atoms with E-state index in [4.69, 9.17) is 5.11 Å². The van der Waals surface area contributed by atoms with Crippen molar-refractivity contribution in [1.82, 2.24) is 4.72 Å². The van der Waals surface area contributed by atoms with Gasteiger partial charge in [-0.2, -0.15) is 13.1 Å². The fraction of sp³-hybridized carbons (Fsp3) is 0.300. The number of hydrogen-bond acceptors (Lipinski definition) is 3. The molecule has 1 aliphatic heterocycles. The van der Waals surface area contributed by atoms with E-state index < -0.39 is 22.2 Å². The molecule has 2 rings (SSSR count). The molecule has 0 saturated carbocycles. The quantitative estimate of drug-likeness (QED) is 0.839. The summed E-state index contributed by atoms with van der Waals surface area (Å²) in [7, 11) is -3.80. The van der Waals surface area contributed by atoms with Gasteiger partial charge in [0.05, 0.1) is 12.2 Å². The summed E-state index contributed by atoms with van der Waals surface area (Å²) in [5, 5.41) is 8.86. The minimum absolute atomic E-state index is 0.126. The summed E-state index contributed by atoms with van der Waals surface area (Å²) in [5.74, 6) is -1.19. The number of halogens is 1. The second-order valence-corrected chi connectivity index (χ2v) is 6.48. The molecule has 0 bridgehead atoms. The largest absolute Gasteiger partial charge is 0.480 e. The van der Waals surface area contributed by atoms with Crippen LogP contribution in [-0.4, -0.2) is 32.1 Å². The van der Waals surface area contributed by atoms with Gasteiger partial charge in [0.1, 0.15) is 6.04 Å². The second kappa shape index (κ2) is 4.52. The van der Waals surface area contributed by atoms with Crippen LogP contribution in [0.4, 0.5) is 5.69 Å². The molecular formula is C10H11BrN2O4S. The van der Waals surface area contributed by atoms with Gasteiger partial charge in [0, 0.05) is 4.47 Å². The van der Waals surface area contributed by atoms with E-state index in [9.17, 15) is 13.2 Å². The smallest absolute Gasteiger partial charge is 0.323 e. The second-order valence-electron chi connectivity index (χ2n) is 4.00. The first kappa shape index (κ1) is 13.3. The Morgan fingerprint density at radius 3 is 2.72 bits per heavy atom. The molecule has 1 saturated heterocycles. The van der Waals surface area contributed by atoms with Gasteiger partial charge in [0.25, 0.3) is 0 Å². The molecule has 1 aromatic rings. The summed E-state index contributed by atoms with van der Waals surface area (Å²) >= 11 is 3.28. The maximum Gasteiger partial charge on any atom is 0.323 e. The molecule has 1 fully saturated rings. The van der Waals surface area contributed by atoms with Gasteiger partial charge in [-0.3, -0.25) is 9.10 Å². The van der Waals surface area contributed by atoms with E-state index in [1.165, 1.54) is 0 Å². The summed E-state index contributed by atoms with van der Waals surface area (Å²) < 4.78 is 27.4. The molecule has 0 radical (unpaired) electrons. The van der Waals surface area contributed by atoms with Crippen molar-refractivity contribution in [1.29, 1.82) is 0 Å². The monoisotopic (exact) mass is 334 g/mol. The zero-order valence-electron chi connectivity index (χ0n) is 9.42. The van der Waals surface area contributed by atoms with Crippen molar-refractivity contribution in [3.05, 3.63) is 28.2 Å². The molecule has 6 nitrogen and oxygen atoms in total. The topological polar surface area (TPSA) is 86.7 Å².